The number of benzene rings is 3. The largest absolute Gasteiger partial charge is 0.463 e. The van der Waals surface area contributed by atoms with Crippen molar-refractivity contribution < 1.29 is 13.6 Å². The van der Waals surface area contributed by atoms with Gasteiger partial charge in [0.15, 0.2) is 0 Å². The Morgan fingerprint density at radius 1 is 0.667 bits per heavy atom. The third-order valence-corrected chi connectivity index (χ3v) is 6.97. The van der Waals surface area contributed by atoms with Crippen molar-refractivity contribution >= 4 is 12.9 Å². The van der Waals surface area contributed by atoms with Crippen LogP contribution in [0.5, 0.6) is 11.5 Å². The van der Waals surface area contributed by atoms with Gasteiger partial charge >= 0.3 is 7.60 Å². The van der Waals surface area contributed by atoms with Crippen LogP contribution in [0.25, 0.3) is 0 Å². The van der Waals surface area contributed by atoms with E-state index in [1.54, 1.807) is 0 Å². The predicted molar refractivity (Wildman–Crippen MR) is 125 cm³/mol. The maximum atomic E-state index is 14.3. The standard InChI is InChI=1S/C26H31O3P/c1-3-5-14-22-15-13-21-26(25(22)20-6-4-2)30(27,28-23-16-9-7-10-17-23)29-24-18-11-8-12-19-24/h7-13,15-19,21H,3-6,14,20H2,1-2H3. The Morgan fingerprint density at radius 3 is 1.73 bits per heavy atom. The third-order valence-electron chi connectivity index (χ3n) is 5.06. The summed E-state index contributed by atoms with van der Waals surface area (Å²) in [6, 6.07) is 24.6. The number of rotatable bonds is 11. The Labute approximate surface area is 180 Å². The van der Waals surface area contributed by atoms with Gasteiger partial charge in [-0.15, -0.1) is 0 Å². The zero-order valence-corrected chi connectivity index (χ0v) is 18.8. The van der Waals surface area contributed by atoms with Crippen LogP contribution in [0.2, 0.25) is 0 Å². The monoisotopic (exact) mass is 422 g/mol. The van der Waals surface area contributed by atoms with E-state index in [1.807, 2.05) is 72.8 Å². The Balaban J connectivity index is 2.08. The molecule has 0 aliphatic heterocycles. The Kier molecular flexibility index (Phi) is 8.16. The molecular formula is C26H31O3P. The molecule has 3 aromatic carbocycles. The molecule has 0 saturated heterocycles. The van der Waals surface area contributed by atoms with E-state index >= 15 is 0 Å². The fourth-order valence-corrected chi connectivity index (χ4v) is 5.37. The Hall–Kier alpha value is -2.51. The lowest BCUT2D eigenvalue weighted by atomic mass is 9.98. The van der Waals surface area contributed by atoms with Crippen molar-refractivity contribution in [2.45, 2.75) is 52.4 Å². The van der Waals surface area contributed by atoms with Gasteiger partial charge in [-0.05, 0) is 67.1 Å². The van der Waals surface area contributed by atoms with Crippen molar-refractivity contribution in [2.24, 2.45) is 0 Å². The number of hydrogen-bond acceptors (Lipinski definition) is 3. The summed E-state index contributed by atoms with van der Waals surface area (Å²) in [5.41, 5.74) is 2.36. The average molecular weight is 423 g/mol. The Morgan fingerprint density at radius 2 is 1.20 bits per heavy atom. The van der Waals surface area contributed by atoms with Gasteiger partial charge in [0, 0.05) is 0 Å². The molecule has 0 saturated carbocycles. The summed E-state index contributed by atoms with van der Waals surface area (Å²) >= 11 is 0. The average Bonchev–Trinajstić information content (AvgIpc) is 2.77. The third kappa shape index (κ3) is 5.77. The molecule has 0 heterocycles. The topological polar surface area (TPSA) is 35.5 Å². The molecule has 3 aromatic rings. The fraction of sp³-hybridized carbons (Fsp3) is 0.308. The molecule has 0 aliphatic carbocycles. The molecular weight excluding hydrogens is 391 g/mol. The minimum absolute atomic E-state index is 0.539. The highest BCUT2D eigenvalue weighted by molar-refractivity contribution is 7.63. The van der Waals surface area contributed by atoms with Gasteiger partial charge < -0.3 is 9.05 Å². The van der Waals surface area contributed by atoms with Crippen molar-refractivity contribution in [1.82, 2.24) is 0 Å². The lowest BCUT2D eigenvalue weighted by Gasteiger charge is -2.24. The summed E-state index contributed by atoms with van der Waals surface area (Å²) in [5, 5.41) is 0.678. The lowest BCUT2D eigenvalue weighted by molar-refractivity contribution is 0.399. The van der Waals surface area contributed by atoms with Gasteiger partial charge in [-0.2, -0.15) is 0 Å². The van der Waals surface area contributed by atoms with Crippen LogP contribution < -0.4 is 14.4 Å². The second-order valence-electron chi connectivity index (χ2n) is 7.43. The second-order valence-corrected chi connectivity index (χ2v) is 9.27. The molecule has 158 valence electrons. The van der Waals surface area contributed by atoms with Crippen molar-refractivity contribution in [1.29, 1.82) is 0 Å². The minimum Gasteiger partial charge on any atom is -0.413 e. The van der Waals surface area contributed by atoms with Gasteiger partial charge in [0.25, 0.3) is 0 Å². The fourth-order valence-electron chi connectivity index (χ4n) is 3.48. The van der Waals surface area contributed by atoms with Crippen molar-refractivity contribution in [3.8, 4) is 11.5 Å². The van der Waals surface area contributed by atoms with Gasteiger partial charge in [-0.3, -0.25) is 0 Å². The molecule has 0 aliphatic rings. The highest BCUT2D eigenvalue weighted by Crippen LogP contribution is 2.48. The first-order chi connectivity index (χ1) is 14.7. The second kappa shape index (κ2) is 11.0. The number of hydrogen-bond donors (Lipinski definition) is 0. The molecule has 0 amide bonds. The molecule has 0 fully saturated rings. The van der Waals surface area contributed by atoms with E-state index < -0.39 is 7.60 Å². The molecule has 30 heavy (non-hydrogen) atoms. The molecule has 3 rings (SSSR count). The molecule has 0 radical (unpaired) electrons. The molecule has 0 aromatic heterocycles. The van der Waals surface area contributed by atoms with Crippen LogP contribution in [0.3, 0.4) is 0 Å². The van der Waals surface area contributed by atoms with Crippen LogP contribution in [-0.2, 0) is 17.4 Å². The zero-order valence-electron chi connectivity index (χ0n) is 17.9. The normalized spacial score (nSPS) is 11.3. The lowest BCUT2D eigenvalue weighted by Crippen LogP contribution is -2.21. The van der Waals surface area contributed by atoms with Crippen LogP contribution in [0.1, 0.15) is 50.7 Å². The summed E-state index contributed by atoms with van der Waals surface area (Å²) in [7, 11) is -3.65. The van der Waals surface area contributed by atoms with E-state index in [2.05, 4.69) is 19.9 Å². The highest BCUT2D eigenvalue weighted by Gasteiger charge is 2.34. The van der Waals surface area contributed by atoms with Crippen LogP contribution in [0, 0.1) is 0 Å². The van der Waals surface area contributed by atoms with Crippen molar-refractivity contribution in [3.05, 3.63) is 90.0 Å². The Bertz CT molecular complexity index is 909. The van der Waals surface area contributed by atoms with E-state index in [0.717, 1.165) is 44.1 Å². The van der Waals surface area contributed by atoms with Crippen LogP contribution in [0.4, 0.5) is 0 Å². The number of aryl methyl sites for hydroxylation is 1. The summed E-state index contributed by atoms with van der Waals surface area (Å²) < 4.78 is 26.5. The number of para-hydroxylation sites is 2. The zero-order chi connectivity index (χ0) is 21.2. The SMILES string of the molecule is CCCCc1cccc(P(=O)(Oc2ccccc2)Oc2ccccc2)c1CCCC. The summed E-state index contributed by atoms with van der Waals surface area (Å²) in [4.78, 5) is 0. The maximum Gasteiger partial charge on any atom is 0.463 e. The first-order valence-electron chi connectivity index (χ1n) is 10.9. The van der Waals surface area contributed by atoms with Gasteiger partial charge in [-0.25, -0.2) is 4.57 Å². The van der Waals surface area contributed by atoms with Crippen LogP contribution in [0.15, 0.2) is 78.9 Å². The van der Waals surface area contributed by atoms with E-state index in [-0.39, 0.29) is 0 Å². The first kappa shape index (κ1) is 22.2. The quantitative estimate of drug-likeness (QED) is 0.303. The molecule has 3 nitrogen and oxygen atoms in total. The molecule has 0 spiro atoms. The van der Waals surface area contributed by atoms with Gasteiger partial charge in [0.1, 0.15) is 11.5 Å². The summed E-state index contributed by atoms with van der Waals surface area (Å²) in [6.07, 6.45) is 6.17. The smallest absolute Gasteiger partial charge is 0.413 e. The summed E-state index contributed by atoms with van der Waals surface area (Å²) in [5.74, 6) is 1.08. The van der Waals surface area contributed by atoms with E-state index in [4.69, 9.17) is 9.05 Å². The molecule has 0 N–H and O–H groups in total. The van der Waals surface area contributed by atoms with Crippen molar-refractivity contribution in [2.75, 3.05) is 0 Å². The molecule has 0 unspecified atom stereocenters. The first-order valence-corrected chi connectivity index (χ1v) is 12.4. The van der Waals surface area contributed by atoms with E-state index in [9.17, 15) is 4.57 Å². The predicted octanol–water partition coefficient (Wildman–Crippen LogP) is 7.35. The van der Waals surface area contributed by atoms with Crippen LogP contribution >= 0.6 is 7.60 Å². The van der Waals surface area contributed by atoms with Gasteiger partial charge in [-0.1, -0.05) is 75.2 Å². The number of unbranched alkanes of at least 4 members (excludes halogenated alkanes) is 2. The van der Waals surface area contributed by atoms with Gasteiger partial charge in [0.05, 0.1) is 5.30 Å². The molecule has 0 bridgehead atoms. The van der Waals surface area contributed by atoms with Crippen LogP contribution in [-0.4, -0.2) is 0 Å². The molecule has 4 heteroatoms. The van der Waals surface area contributed by atoms with Gasteiger partial charge in [0.2, 0.25) is 0 Å². The molecule has 0 atom stereocenters. The maximum absolute atomic E-state index is 14.3. The highest BCUT2D eigenvalue weighted by atomic mass is 31.2. The van der Waals surface area contributed by atoms with E-state index in [1.165, 1.54) is 5.56 Å². The summed E-state index contributed by atoms with van der Waals surface area (Å²) in [6.45, 7) is 4.37. The minimum atomic E-state index is -3.65. The van der Waals surface area contributed by atoms with Crippen molar-refractivity contribution in [3.63, 3.8) is 0 Å². The van der Waals surface area contributed by atoms with E-state index in [0.29, 0.717) is 16.8 Å².